The summed E-state index contributed by atoms with van der Waals surface area (Å²) in [5.74, 6) is 0. The van der Waals surface area contributed by atoms with Crippen molar-refractivity contribution in [3.05, 3.63) is 120 Å². The van der Waals surface area contributed by atoms with Gasteiger partial charge in [-0.25, -0.2) is 0 Å². The summed E-state index contributed by atoms with van der Waals surface area (Å²) in [7, 11) is -3.06. The third kappa shape index (κ3) is 7.11. The van der Waals surface area contributed by atoms with Gasteiger partial charge in [0.25, 0.3) is 0 Å². The second kappa shape index (κ2) is 13.4. The quantitative estimate of drug-likeness (QED) is 0.230. The summed E-state index contributed by atoms with van der Waals surface area (Å²) >= 11 is 0. The van der Waals surface area contributed by atoms with E-state index in [-0.39, 0.29) is 48.0 Å². The van der Waals surface area contributed by atoms with Gasteiger partial charge in [-0.2, -0.15) is 0 Å². The van der Waals surface area contributed by atoms with Crippen molar-refractivity contribution in [1.29, 1.82) is 0 Å². The second-order valence-corrected chi connectivity index (χ2v) is 18.5. The monoisotopic (exact) mass is 766 g/mol. The molecule has 38 heavy (non-hydrogen) atoms. The zero-order valence-electron chi connectivity index (χ0n) is 22.8. The van der Waals surface area contributed by atoms with Crippen LogP contribution in [0.5, 0.6) is 0 Å². The van der Waals surface area contributed by atoms with Crippen LogP contribution < -0.4 is 68.4 Å². The summed E-state index contributed by atoms with van der Waals surface area (Å²) < 4.78 is 0. The predicted octanol–water partition coefficient (Wildman–Crippen LogP) is 1.41. The van der Waals surface area contributed by atoms with Crippen molar-refractivity contribution < 1.29 is 48.0 Å². The fourth-order valence-corrected chi connectivity index (χ4v) is 12.4. The molecule has 0 saturated carbocycles. The summed E-state index contributed by atoms with van der Waals surface area (Å²) in [4.78, 5) is 5.46. The van der Waals surface area contributed by atoms with Gasteiger partial charge in [0.15, 0.2) is 0 Å². The Bertz CT molecular complexity index is 1170. The van der Waals surface area contributed by atoms with Crippen LogP contribution in [0.25, 0.3) is 0 Å². The first kappa shape index (κ1) is 31.3. The minimum absolute atomic E-state index is 0. The molecule has 0 unspecified atom stereocenters. The highest BCUT2D eigenvalue weighted by Gasteiger charge is 2.48. The maximum Gasteiger partial charge on any atom is 0.139 e. The average molecular weight is 766 g/mol. The molecule has 0 bridgehead atoms. The molecule has 4 aromatic carbocycles. The van der Waals surface area contributed by atoms with Gasteiger partial charge < -0.3 is 57.8 Å². The molecule has 0 radical (unpaired) electrons. The largest absolute Gasteiger partial charge is 1.00 e. The summed E-state index contributed by atoms with van der Waals surface area (Å²) in [5.41, 5.74) is 5.34. The lowest BCUT2D eigenvalue weighted by molar-refractivity contribution is -0.00100. The Morgan fingerprint density at radius 2 is 0.737 bits per heavy atom. The molecule has 0 amide bonds. The van der Waals surface area contributed by atoms with Gasteiger partial charge in [0.05, 0.1) is 38.5 Å². The van der Waals surface area contributed by atoms with Gasteiger partial charge in [-0.15, -0.1) is 0 Å². The molecule has 0 aromatic heterocycles. The number of hydrogen-bond acceptors (Lipinski definition) is 2. The van der Waals surface area contributed by atoms with E-state index in [0.29, 0.717) is 0 Å². The van der Waals surface area contributed by atoms with E-state index in [9.17, 15) is 0 Å². The highest BCUT2D eigenvalue weighted by Crippen LogP contribution is 2.63. The predicted molar refractivity (Wildman–Crippen MR) is 165 cm³/mol. The van der Waals surface area contributed by atoms with E-state index in [4.69, 9.17) is 0 Å². The smallest absolute Gasteiger partial charge is 0.139 e. The average Bonchev–Trinajstić information content (AvgIpc) is 2.89. The molecular weight excluding hydrogens is 728 g/mol. The van der Waals surface area contributed by atoms with Crippen molar-refractivity contribution in [3.8, 4) is 0 Å². The first-order chi connectivity index (χ1) is 17.3. The molecule has 0 atom stereocenters. The molecule has 6 heteroatoms. The fraction of sp³-hybridized carbons (Fsp3) is 0.250. The van der Waals surface area contributed by atoms with Crippen LogP contribution in [0.1, 0.15) is 11.1 Å². The molecule has 2 nitrogen and oxygen atoms in total. The third-order valence-electron chi connectivity index (χ3n) is 7.49. The summed E-state index contributed by atoms with van der Waals surface area (Å²) in [5, 5.41) is 3.03. The van der Waals surface area contributed by atoms with Gasteiger partial charge >= 0.3 is 0 Å². The Hall–Kier alpha value is -1.20. The van der Waals surface area contributed by atoms with Crippen molar-refractivity contribution in [2.75, 3.05) is 48.3 Å². The van der Waals surface area contributed by atoms with E-state index in [2.05, 4.69) is 146 Å². The maximum absolute atomic E-state index is 2.73. The molecule has 200 valence electrons. The Labute approximate surface area is 264 Å². The number of aryl methyl sites for hydroxylation is 2. The Kier molecular flexibility index (Phi) is 11.1. The molecular formula is C32H38I2N2P2. The molecule has 1 fully saturated rings. The molecule has 1 saturated heterocycles. The molecule has 0 spiro atoms. The normalized spacial score (nSPS) is 21.5. The summed E-state index contributed by atoms with van der Waals surface area (Å²) in [6.45, 7) is 9.49. The molecule has 1 aliphatic rings. The van der Waals surface area contributed by atoms with Crippen molar-refractivity contribution in [2.45, 2.75) is 13.8 Å². The third-order valence-corrected chi connectivity index (χ3v) is 14.4. The highest BCUT2D eigenvalue weighted by molar-refractivity contribution is 7.84. The summed E-state index contributed by atoms with van der Waals surface area (Å²) in [6, 6.07) is 41.0. The number of halogens is 2. The Balaban J connectivity index is 0.00000200. The van der Waals surface area contributed by atoms with E-state index in [1.807, 2.05) is 0 Å². The zero-order valence-corrected chi connectivity index (χ0v) is 28.9. The van der Waals surface area contributed by atoms with Crippen molar-refractivity contribution in [1.82, 2.24) is 0 Å². The van der Waals surface area contributed by atoms with E-state index in [1.165, 1.54) is 33.1 Å². The molecule has 0 aliphatic carbocycles. The number of benzene rings is 4. The Morgan fingerprint density at radius 1 is 0.447 bits per heavy atom. The van der Waals surface area contributed by atoms with E-state index >= 15 is 0 Å². The van der Waals surface area contributed by atoms with E-state index in [0.717, 1.165) is 25.1 Å². The first-order valence-electron chi connectivity index (χ1n) is 12.8. The van der Waals surface area contributed by atoms with Crippen LogP contribution in [0.15, 0.2) is 109 Å². The van der Waals surface area contributed by atoms with Gasteiger partial charge in [0.1, 0.15) is 25.1 Å². The SMILES string of the molecule is Cc1ccc(N2C[P+](C)(c3ccccc3)CN(c3ccc(C)cc3)C[P+](C)(c3ccccc3)C2)cc1.[I-].[I-]. The lowest BCUT2D eigenvalue weighted by Crippen LogP contribution is -3.00. The minimum Gasteiger partial charge on any atom is -1.00 e. The van der Waals surface area contributed by atoms with Crippen LogP contribution in [0.4, 0.5) is 11.4 Å². The van der Waals surface area contributed by atoms with E-state index in [1.54, 1.807) is 0 Å². The van der Waals surface area contributed by atoms with Crippen LogP contribution >= 0.6 is 14.5 Å². The molecule has 0 N–H and O–H groups in total. The van der Waals surface area contributed by atoms with Crippen LogP contribution in [0.2, 0.25) is 0 Å². The van der Waals surface area contributed by atoms with Gasteiger partial charge in [0, 0.05) is 11.4 Å². The van der Waals surface area contributed by atoms with Gasteiger partial charge in [-0.05, 0) is 62.4 Å². The zero-order chi connectivity index (χ0) is 25.2. The topological polar surface area (TPSA) is 6.48 Å². The number of anilines is 2. The fourth-order valence-electron chi connectivity index (χ4n) is 5.43. The van der Waals surface area contributed by atoms with Crippen LogP contribution in [-0.4, -0.2) is 38.5 Å². The van der Waals surface area contributed by atoms with Crippen molar-refractivity contribution in [2.24, 2.45) is 0 Å². The highest BCUT2D eigenvalue weighted by atomic mass is 127. The molecule has 1 aliphatic heterocycles. The lowest BCUT2D eigenvalue weighted by atomic mass is 10.2. The van der Waals surface area contributed by atoms with E-state index < -0.39 is 14.5 Å². The van der Waals surface area contributed by atoms with Crippen LogP contribution in [0, 0.1) is 13.8 Å². The van der Waals surface area contributed by atoms with Crippen LogP contribution in [0.3, 0.4) is 0 Å². The van der Waals surface area contributed by atoms with Gasteiger partial charge in [0.2, 0.25) is 0 Å². The molecule has 1 heterocycles. The maximum atomic E-state index is 2.73. The molecule has 4 aromatic rings. The van der Waals surface area contributed by atoms with Crippen molar-refractivity contribution in [3.63, 3.8) is 0 Å². The van der Waals surface area contributed by atoms with Gasteiger partial charge in [-0.3, -0.25) is 0 Å². The van der Waals surface area contributed by atoms with Crippen molar-refractivity contribution >= 4 is 36.5 Å². The van der Waals surface area contributed by atoms with Gasteiger partial charge in [-0.1, -0.05) is 71.8 Å². The summed E-state index contributed by atoms with van der Waals surface area (Å²) in [6.07, 6.45) is 4.35. The number of nitrogens with zero attached hydrogens (tertiary/aromatic N) is 2. The number of rotatable bonds is 4. The minimum atomic E-state index is -1.53. The molecule has 5 rings (SSSR count). The number of hydrogen-bond donors (Lipinski definition) is 0. The Morgan fingerprint density at radius 3 is 1.03 bits per heavy atom. The van der Waals surface area contributed by atoms with Crippen LogP contribution in [-0.2, 0) is 0 Å². The first-order valence-corrected chi connectivity index (χ1v) is 18.0. The standard InChI is InChI=1S/C32H38N2P2.2HI/c1-27-15-19-29(20-16-27)33-23-35(3,31-11-7-5-8-12-31)25-34(30-21-17-28(2)18-22-30)26-36(4,24-33)32-13-9-6-10-14-32;;/h5-22H,23-26H2,1-4H3;2*1H/q+2;;/p-2. The second-order valence-electron chi connectivity index (χ2n) is 10.8. The lowest BCUT2D eigenvalue weighted by Gasteiger charge is -2.42.